The molecule has 0 aliphatic rings. The number of hydrogen-bond donors (Lipinski definition) is 1. The van der Waals surface area contributed by atoms with E-state index in [-0.39, 0.29) is 11.9 Å². The molecule has 1 aromatic carbocycles. The Kier molecular flexibility index (Phi) is 4.43. The highest BCUT2D eigenvalue weighted by Gasteiger charge is 2.23. The zero-order valence-electron chi connectivity index (χ0n) is 13.0. The molecule has 0 bridgehead atoms. The fourth-order valence-corrected chi connectivity index (χ4v) is 2.28. The third-order valence-corrected chi connectivity index (χ3v) is 3.65. The number of hydrogen-bond acceptors (Lipinski definition) is 3. The lowest BCUT2D eigenvalue weighted by Crippen LogP contribution is -2.37. The van der Waals surface area contributed by atoms with Crippen LogP contribution in [0.25, 0.3) is 0 Å². The van der Waals surface area contributed by atoms with E-state index in [2.05, 4.69) is 5.10 Å². The molecule has 5 heteroatoms. The highest BCUT2D eigenvalue weighted by Crippen LogP contribution is 2.22. The molecule has 21 heavy (non-hydrogen) atoms. The topological polar surface area (TPSA) is 64.2 Å². The van der Waals surface area contributed by atoms with Crippen LogP contribution >= 0.6 is 0 Å². The van der Waals surface area contributed by atoms with Crippen molar-refractivity contribution in [1.82, 2.24) is 9.78 Å². The minimum Gasteiger partial charge on any atom is -0.326 e. The number of carbonyl (C=O) groups excluding carboxylic acids is 1. The Hall–Kier alpha value is -2.14. The molecule has 5 nitrogen and oxygen atoms in total. The summed E-state index contributed by atoms with van der Waals surface area (Å²) in [7, 11) is 1.84. The van der Waals surface area contributed by atoms with Gasteiger partial charge >= 0.3 is 0 Å². The van der Waals surface area contributed by atoms with E-state index < -0.39 is 0 Å². The molecule has 0 spiro atoms. The van der Waals surface area contributed by atoms with Gasteiger partial charge in [-0.25, -0.2) is 0 Å². The van der Waals surface area contributed by atoms with Crippen molar-refractivity contribution in [2.75, 3.05) is 4.90 Å². The second kappa shape index (κ2) is 6.10. The lowest BCUT2D eigenvalue weighted by molar-refractivity contribution is 0.0979. The first-order valence-corrected chi connectivity index (χ1v) is 7.07. The summed E-state index contributed by atoms with van der Waals surface area (Å²) in [6.45, 7) is 6.40. The minimum absolute atomic E-state index is 0.0314. The third kappa shape index (κ3) is 2.97. The van der Waals surface area contributed by atoms with Gasteiger partial charge in [-0.2, -0.15) is 5.10 Å². The second-order valence-corrected chi connectivity index (χ2v) is 5.41. The SMILES string of the molecule is Cc1c(C(=O)N(c2ccc(CN)cc2)C(C)C)cnn1C. The number of benzene rings is 1. The number of aryl methyl sites for hydroxylation is 1. The average molecular weight is 286 g/mol. The molecule has 112 valence electrons. The van der Waals surface area contributed by atoms with Gasteiger partial charge in [0.2, 0.25) is 0 Å². The maximum Gasteiger partial charge on any atom is 0.261 e. The van der Waals surface area contributed by atoms with Gasteiger partial charge in [0.05, 0.1) is 11.8 Å². The summed E-state index contributed by atoms with van der Waals surface area (Å²) in [5.41, 5.74) is 9.04. The first-order chi connectivity index (χ1) is 9.95. The van der Waals surface area contributed by atoms with Crippen LogP contribution in [0.3, 0.4) is 0 Å². The largest absolute Gasteiger partial charge is 0.326 e. The first kappa shape index (κ1) is 15.3. The van der Waals surface area contributed by atoms with E-state index in [0.29, 0.717) is 12.1 Å². The van der Waals surface area contributed by atoms with Gasteiger partial charge in [0.15, 0.2) is 0 Å². The van der Waals surface area contributed by atoms with E-state index in [1.165, 1.54) is 0 Å². The summed E-state index contributed by atoms with van der Waals surface area (Å²) in [4.78, 5) is 14.6. The Balaban J connectivity index is 2.38. The molecular weight excluding hydrogens is 264 g/mol. The average Bonchev–Trinajstić information content (AvgIpc) is 2.79. The number of rotatable bonds is 4. The number of carbonyl (C=O) groups is 1. The van der Waals surface area contributed by atoms with E-state index in [0.717, 1.165) is 16.9 Å². The van der Waals surface area contributed by atoms with Crippen molar-refractivity contribution in [3.8, 4) is 0 Å². The second-order valence-electron chi connectivity index (χ2n) is 5.41. The fourth-order valence-electron chi connectivity index (χ4n) is 2.28. The van der Waals surface area contributed by atoms with Crippen LogP contribution in [-0.4, -0.2) is 21.7 Å². The molecule has 2 N–H and O–H groups in total. The molecule has 1 aromatic heterocycles. The Morgan fingerprint density at radius 3 is 2.38 bits per heavy atom. The number of amides is 1. The molecule has 0 radical (unpaired) electrons. The van der Waals surface area contributed by atoms with E-state index in [9.17, 15) is 4.79 Å². The predicted molar refractivity (Wildman–Crippen MR) is 84.2 cm³/mol. The molecule has 2 aromatic rings. The van der Waals surface area contributed by atoms with Crippen molar-refractivity contribution in [3.63, 3.8) is 0 Å². The molecular formula is C16H22N4O. The van der Waals surface area contributed by atoms with Gasteiger partial charge in [-0.15, -0.1) is 0 Å². The van der Waals surface area contributed by atoms with Gasteiger partial charge in [0, 0.05) is 31.0 Å². The molecule has 0 aliphatic heterocycles. The molecule has 0 atom stereocenters. The Labute approximate surface area is 125 Å². The van der Waals surface area contributed by atoms with Gasteiger partial charge in [-0.05, 0) is 38.5 Å². The summed E-state index contributed by atoms with van der Waals surface area (Å²) in [5, 5.41) is 4.15. The van der Waals surface area contributed by atoms with Crippen molar-refractivity contribution in [3.05, 3.63) is 47.3 Å². The lowest BCUT2D eigenvalue weighted by Gasteiger charge is -2.27. The van der Waals surface area contributed by atoms with Gasteiger partial charge < -0.3 is 10.6 Å². The Morgan fingerprint density at radius 1 is 1.33 bits per heavy atom. The molecule has 0 aliphatic carbocycles. The smallest absolute Gasteiger partial charge is 0.261 e. The van der Waals surface area contributed by atoms with Gasteiger partial charge in [0.1, 0.15) is 0 Å². The predicted octanol–water partition coefficient (Wildman–Crippen LogP) is 2.24. The van der Waals surface area contributed by atoms with Crippen molar-refractivity contribution in [2.24, 2.45) is 12.8 Å². The summed E-state index contributed by atoms with van der Waals surface area (Å²) in [5.74, 6) is -0.0314. The standard InChI is InChI=1S/C16H22N4O/c1-11(2)20(14-7-5-13(9-17)6-8-14)16(21)15-10-18-19(4)12(15)3/h5-8,10-11H,9,17H2,1-4H3. The van der Waals surface area contributed by atoms with Gasteiger partial charge in [-0.1, -0.05) is 12.1 Å². The van der Waals surface area contributed by atoms with Crippen molar-refractivity contribution in [2.45, 2.75) is 33.4 Å². The third-order valence-electron chi connectivity index (χ3n) is 3.65. The summed E-state index contributed by atoms with van der Waals surface area (Å²) in [6, 6.07) is 7.83. The zero-order valence-corrected chi connectivity index (χ0v) is 13.0. The van der Waals surface area contributed by atoms with Crippen molar-refractivity contribution in [1.29, 1.82) is 0 Å². The van der Waals surface area contributed by atoms with E-state index in [1.807, 2.05) is 52.1 Å². The number of aromatic nitrogens is 2. The molecule has 2 rings (SSSR count). The summed E-state index contributed by atoms with van der Waals surface area (Å²) in [6.07, 6.45) is 1.63. The minimum atomic E-state index is -0.0314. The van der Waals surface area contributed by atoms with E-state index in [4.69, 9.17) is 5.73 Å². The van der Waals surface area contributed by atoms with E-state index >= 15 is 0 Å². The van der Waals surface area contributed by atoms with Crippen LogP contribution < -0.4 is 10.6 Å². The van der Waals surface area contributed by atoms with Crippen LogP contribution in [0.4, 0.5) is 5.69 Å². The highest BCUT2D eigenvalue weighted by atomic mass is 16.2. The maximum atomic E-state index is 12.8. The fraction of sp³-hybridized carbons (Fsp3) is 0.375. The van der Waals surface area contributed by atoms with Crippen LogP contribution in [0.15, 0.2) is 30.5 Å². The first-order valence-electron chi connectivity index (χ1n) is 7.07. The Bertz CT molecular complexity index is 628. The number of nitrogens with zero attached hydrogens (tertiary/aromatic N) is 3. The van der Waals surface area contributed by atoms with Crippen molar-refractivity contribution >= 4 is 11.6 Å². The Morgan fingerprint density at radius 2 is 1.95 bits per heavy atom. The molecule has 0 fully saturated rings. The van der Waals surface area contributed by atoms with Gasteiger partial charge in [-0.3, -0.25) is 9.48 Å². The summed E-state index contributed by atoms with van der Waals surface area (Å²) < 4.78 is 1.71. The monoisotopic (exact) mass is 286 g/mol. The molecule has 0 saturated carbocycles. The molecule has 0 saturated heterocycles. The van der Waals surface area contributed by atoms with Crippen LogP contribution in [0.5, 0.6) is 0 Å². The normalized spacial score (nSPS) is 11.0. The molecule has 1 heterocycles. The lowest BCUT2D eigenvalue weighted by atomic mass is 10.1. The van der Waals surface area contributed by atoms with Crippen LogP contribution in [0.1, 0.15) is 35.5 Å². The maximum absolute atomic E-state index is 12.8. The molecule has 1 amide bonds. The van der Waals surface area contributed by atoms with Crippen LogP contribution in [0, 0.1) is 6.92 Å². The van der Waals surface area contributed by atoms with Crippen molar-refractivity contribution < 1.29 is 4.79 Å². The van der Waals surface area contributed by atoms with Gasteiger partial charge in [0.25, 0.3) is 5.91 Å². The van der Waals surface area contributed by atoms with Crippen LogP contribution in [0.2, 0.25) is 0 Å². The summed E-state index contributed by atoms with van der Waals surface area (Å²) >= 11 is 0. The zero-order chi connectivity index (χ0) is 15.6. The van der Waals surface area contributed by atoms with E-state index in [1.54, 1.807) is 15.8 Å². The number of nitrogens with two attached hydrogens (primary N) is 1. The molecule has 0 unspecified atom stereocenters. The highest BCUT2D eigenvalue weighted by molar-refractivity contribution is 6.07. The quantitative estimate of drug-likeness (QED) is 0.937. The number of anilines is 1. The van der Waals surface area contributed by atoms with Crippen LogP contribution in [-0.2, 0) is 13.6 Å².